The van der Waals surface area contributed by atoms with Crippen LogP contribution in [0.2, 0.25) is 0 Å². The monoisotopic (exact) mass is 249 g/mol. The van der Waals surface area contributed by atoms with Crippen LogP contribution in [0.3, 0.4) is 0 Å². The van der Waals surface area contributed by atoms with Crippen molar-refractivity contribution in [2.45, 2.75) is 38.8 Å². The number of rotatable bonds is 4. The van der Waals surface area contributed by atoms with Gasteiger partial charge in [-0.3, -0.25) is 0 Å². The lowest BCUT2D eigenvalue weighted by atomic mass is 10.1. The Morgan fingerprint density at radius 1 is 1.56 bits per heavy atom. The van der Waals surface area contributed by atoms with Gasteiger partial charge in [-0.25, -0.2) is 4.98 Å². The van der Waals surface area contributed by atoms with Gasteiger partial charge in [0.05, 0.1) is 12.1 Å². The van der Waals surface area contributed by atoms with Gasteiger partial charge in [0.1, 0.15) is 5.82 Å². The van der Waals surface area contributed by atoms with Crippen molar-refractivity contribution in [2.75, 3.05) is 25.1 Å². The lowest BCUT2D eigenvalue weighted by molar-refractivity contribution is 0.118. The van der Waals surface area contributed by atoms with E-state index in [1.165, 1.54) is 11.1 Å². The number of likely N-dealkylation sites (N-methyl/N-ethyl adjacent to an activating group) is 1. The lowest BCUT2D eigenvalue weighted by Gasteiger charge is -2.29. The molecule has 1 fully saturated rings. The first-order valence-electron chi connectivity index (χ1n) is 6.63. The fraction of sp³-hybridized carbons (Fsp3) is 0.643. The smallest absolute Gasteiger partial charge is 0.131 e. The molecule has 2 unspecified atom stereocenters. The summed E-state index contributed by atoms with van der Waals surface area (Å²) in [5.41, 5.74) is 7.99. The average Bonchev–Trinajstić information content (AvgIpc) is 2.75. The van der Waals surface area contributed by atoms with Crippen LogP contribution in [0.4, 0.5) is 5.82 Å². The minimum atomic E-state index is 0.278. The van der Waals surface area contributed by atoms with Crippen LogP contribution in [0.5, 0.6) is 0 Å². The van der Waals surface area contributed by atoms with E-state index >= 15 is 0 Å². The van der Waals surface area contributed by atoms with Crippen molar-refractivity contribution in [1.29, 1.82) is 0 Å². The van der Waals surface area contributed by atoms with Gasteiger partial charge in [0.2, 0.25) is 0 Å². The maximum Gasteiger partial charge on any atom is 0.131 e. The predicted octanol–water partition coefficient (Wildman–Crippen LogP) is 1.50. The zero-order chi connectivity index (χ0) is 13.1. The lowest BCUT2D eigenvalue weighted by Crippen LogP contribution is -2.37. The van der Waals surface area contributed by atoms with Crippen molar-refractivity contribution < 1.29 is 4.74 Å². The highest BCUT2D eigenvalue weighted by Crippen LogP contribution is 2.25. The third-order valence-corrected chi connectivity index (χ3v) is 3.71. The van der Waals surface area contributed by atoms with Crippen molar-refractivity contribution >= 4 is 5.82 Å². The van der Waals surface area contributed by atoms with Gasteiger partial charge in [-0.15, -0.1) is 0 Å². The number of nitrogens with two attached hydrogens (primary N) is 1. The van der Waals surface area contributed by atoms with E-state index in [2.05, 4.69) is 36.8 Å². The number of nitrogens with zero attached hydrogens (tertiary/aromatic N) is 2. The molecule has 4 heteroatoms. The predicted molar refractivity (Wildman–Crippen MR) is 74.0 cm³/mol. The van der Waals surface area contributed by atoms with Gasteiger partial charge in [0.15, 0.2) is 0 Å². The summed E-state index contributed by atoms with van der Waals surface area (Å²) >= 11 is 0. The molecule has 2 atom stereocenters. The molecule has 1 saturated heterocycles. The number of pyridine rings is 1. The maximum atomic E-state index is 5.62. The molecule has 0 amide bonds. The van der Waals surface area contributed by atoms with Crippen LogP contribution in [-0.2, 0) is 11.2 Å². The van der Waals surface area contributed by atoms with Crippen LogP contribution in [0.15, 0.2) is 12.3 Å². The Labute approximate surface area is 109 Å². The van der Waals surface area contributed by atoms with Gasteiger partial charge < -0.3 is 15.4 Å². The first-order chi connectivity index (χ1) is 8.63. The summed E-state index contributed by atoms with van der Waals surface area (Å²) in [7, 11) is 2.10. The Kier molecular flexibility index (Phi) is 4.19. The summed E-state index contributed by atoms with van der Waals surface area (Å²) in [5, 5.41) is 0. The van der Waals surface area contributed by atoms with Crippen LogP contribution < -0.4 is 10.6 Å². The molecule has 0 aromatic carbocycles. The van der Waals surface area contributed by atoms with Crippen molar-refractivity contribution in [3.05, 3.63) is 23.4 Å². The molecule has 0 spiro atoms. The second-order valence-electron chi connectivity index (χ2n) is 5.07. The molecule has 2 heterocycles. The highest BCUT2D eigenvalue weighted by Gasteiger charge is 2.29. The second kappa shape index (κ2) is 5.67. The van der Waals surface area contributed by atoms with E-state index in [0.717, 1.165) is 25.3 Å². The normalized spacial score (nSPS) is 23.3. The Morgan fingerprint density at radius 3 is 2.89 bits per heavy atom. The molecular weight excluding hydrogens is 226 g/mol. The summed E-state index contributed by atoms with van der Waals surface area (Å²) < 4.78 is 5.62. The number of aromatic nitrogens is 1. The van der Waals surface area contributed by atoms with Crippen LogP contribution in [0.1, 0.15) is 24.5 Å². The molecule has 1 aliphatic heterocycles. The second-order valence-corrected chi connectivity index (χ2v) is 5.07. The summed E-state index contributed by atoms with van der Waals surface area (Å²) in [5.74, 6) is 1.05. The van der Waals surface area contributed by atoms with Crippen LogP contribution >= 0.6 is 0 Å². The largest absolute Gasteiger partial charge is 0.376 e. The van der Waals surface area contributed by atoms with Gasteiger partial charge in [-0.1, -0.05) is 6.07 Å². The summed E-state index contributed by atoms with van der Waals surface area (Å²) in [4.78, 5) is 6.84. The third kappa shape index (κ3) is 2.65. The van der Waals surface area contributed by atoms with Crippen molar-refractivity contribution in [2.24, 2.45) is 5.73 Å². The summed E-state index contributed by atoms with van der Waals surface area (Å²) in [6.45, 7) is 5.76. The number of hydrogen-bond donors (Lipinski definition) is 1. The van der Waals surface area contributed by atoms with Gasteiger partial charge in [-0.2, -0.15) is 0 Å². The van der Waals surface area contributed by atoms with E-state index in [9.17, 15) is 0 Å². The zero-order valence-electron chi connectivity index (χ0n) is 11.5. The molecular formula is C14H23N3O. The Morgan fingerprint density at radius 2 is 2.33 bits per heavy atom. The van der Waals surface area contributed by atoms with Crippen LogP contribution in [0, 0.1) is 6.92 Å². The Balaban J connectivity index is 2.17. The molecule has 1 aromatic heterocycles. The molecule has 2 rings (SSSR count). The third-order valence-electron chi connectivity index (χ3n) is 3.71. The first-order valence-corrected chi connectivity index (χ1v) is 6.63. The van der Waals surface area contributed by atoms with Crippen molar-refractivity contribution in [3.63, 3.8) is 0 Å². The number of aryl methyl sites for hydroxylation is 1. The van der Waals surface area contributed by atoms with E-state index in [4.69, 9.17) is 10.5 Å². The summed E-state index contributed by atoms with van der Waals surface area (Å²) in [6.07, 6.45) is 4.18. The minimum Gasteiger partial charge on any atom is -0.376 e. The van der Waals surface area contributed by atoms with E-state index in [0.29, 0.717) is 12.6 Å². The molecule has 0 bridgehead atoms. The molecule has 2 N–H and O–H groups in total. The van der Waals surface area contributed by atoms with Gasteiger partial charge in [0.25, 0.3) is 0 Å². The molecule has 0 radical (unpaired) electrons. The van der Waals surface area contributed by atoms with Gasteiger partial charge in [-0.05, 0) is 44.4 Å². The Hall–Kier alpha value is -1.13. The molecule has 18 heavy (non-hydrogen) atoms. The quantitative estimate of drug-likeness (QED) is 0.878. The van der Waals surface area contributed by atoms with Gasteiger partial charge in [0, 0.05) is 19.9 Å². The number of ether oxygens (including phenoxy) is 1. The summed E-state index contributed by atoms with van der Waals surface area (Å²) in [6, 6.07) is 2.61. The number of hydrogen-bond acceptors (Lipinski definition) is 4. The fourth-order valence-electron chi connectivity index (χ4n) is 2.68. The fourth-order valence-corrected chi connectivity index (χ4v) is 2.68. The molecule has 0 saturated carbocycles. The van der Waals surface area contributed by atoms with Gasteiger partial charge >= 0.3 is 0 Å². The minimum absolute atomic E-state index is 0.278. The maximum absolute atomic E-state index is 5.62. The zero-order valence-corrected chi connectivity index (χ0v) is 11.5. The van der Waals surface area contributed by atoms with E-state index < -0.39 is 0 Å². The van der Waals surface area contributed by atoms with E-state index in [1.54, 1.807) is 0 Å². The molecule has 4 nitrogen and oxygen atoms in total. The number of anilines is 1. The first kappa shape index (κ1) is 13.3. The van der Waals surface area contributed by atoms with E-state index in [1.807, 2.05) is 6.20 Å². The highest BCUT2D eigenvalue weighted by molar-refractivity contribution is 5.48. The molecule has 1 aliphatic rings. The standard InChI is InChI=1S/C14H23N3O/c1-10-8-12(4-6-15)9-16-14(10)17(3)13-5-7-18-11(13)2/h8-9,11,13H,4-7,15H2,1-3H3. The topological polar surface area (TPSA) is 51.4 Å². The molecule has 1 aromatic rings. The van der Waals surface area contributed by atoms with Crippen molar-refractivity contribution in [1.82, 2.24) is 4.98 Å². The molecule has 100 valence electrons. The van der Waals surface area contributed by atoms with E-state index in [-0.39, 0.29) is 6.10 Å². The van der Waals surface area contributed by atoms with Crippen LogP contribution in [-0.4, -0.2) is 37.3 Å². The van der Waals surface area contributed by atoms with Crippen LogP contribution in [0.25, 0.3) is 0 Å². The average molecular weight is 249 g/mol. The highest BCUT2D eigenvalue weighted by atomic mass is 16.5. The van der Waals surface area contributed by atoms with Crippen molar-refractivity contribution in [3.8, 4) is 0 Å². The Bertz CT molecular complexity index is 408. The SMILES string of the molecule is Cc1cc(CCN)cnc1N(C)C1CCOC1C. The molecule has 0 aliphatic carbocycles.